The topological polar surface area (TPSA) is 66.4 Å². The molecule has 0 spiro atoms. The van der Waals surface area contributed by atoms with E-state index in [0.717, 1.165) is 6.42 Å². The van der Waals surface area contributed by atoms with Crippen LogP contribution in [0.15, 0.2) is 12.2 Å². The van der Waals surface area contributed by atoms with Gasteiger partial charge >= 0.3 is 5.97 Å². The molecular formula is C17H31NO4. The summed E-state index contributed by atoms with van der Waals surface area (Å²) in [5.41, 5.74) is 0. The van der Waals surface area contributed by atoms with E-state index in [1.807, 2.05) is 27.2 Å². The number of unbranched alkanes of at least 4 members (excludes halogenated alkanes) is 3. The zero-order valence-electron chi connectivity index (χ0n) is 14.5. The zero-order valence-corrected chi connectivity index (χ0v) is 14.5. The Kier molecular flexibility index (Phi) is 10.5. The van der Waals surface area contributed by atoms with Crippen molar-refractivity contribution in [1.29, 1.82) is 0 Å². The van der Waals surface area contributed by atoms with Crippen molar-refractivity contribution in [3.05, 3.63) is 12.2 Å². The first-order valence-corrected chi connectivity index (χ1v) is 8.09. The molecule has 0 aliphatic carbocycles. The summed E-state index contributed by atoms with van der Waals surface area (Å²) in [5.74, 6) is -1.54. The van der Waals surface area contributed by atoms with Crippen molar-refractivity contribution in [3.63, 3.8) is 0 Å². The van der Waals surface area contributed by atoms with Gasteiger partial charge in [0.25, 0.3) is 0 Å². The third kappa shape index (κ3) is 13.6. The number of quaternary nitrogens is 1. The zero-order chi connectivity index (χ0) is 17.0. The number of aliphatic carboxylic acids is 1. The molecule has 0 aromatic heterocycles. The van der Waals surface area contributed by atoms with Crippen LogP contribution in [0.3, 0.4) is 0 Å². The molecule has 0 aliphatic heterocycles. The smallest absolute Gasteiger partial charge is 0.306 e. The molecule has 0 aliphatic rings. The van der Waals surface area contributed by atoms with Crippen molar-refractivity contribution >= 4 is 11.9 Å². The summed E-state index contributed by atoms with van der Waals surface area (Å²) in [7, 11) is 5.78. The maximum absolute atomic E-state index is 11.8. The number of esters is 1. The molecule has 0 saturated heterocycles. The minimum absolute atomic E-state index is 0.256. The van der Waals surface area contributed by atoms with Gasteiger partial charge in [-0.3, -0.25) is 4.79 Å². The molecule has 0 radical (unpaired) electrons. The fraction of sp³-hybridized carbons (Fsp3) is 0.765. The Balaban J connectivity index is 4.09. The highest BCUT2D eigenvalue weighted by Crippen LogP contribution is 2.07. The first kappa shape index (κ1) is 20.6. The van der Waals surface area contributed by atoms with Crippen LogP contribution in [-0.4, -0.2) is 50.2 Å². The van der Waals surface area contributed by atoms with Crippen molar-refractivity contribution < 1.29 is 23.9 Å². The van der Waals surface area contributed by atoms with Crippen molar-refractivity contribution in [1.82, 2.24) is 0 Å². The fourth-order valence-electron chi connectivity index (χ4n) is 2.13. The number of carbonyl (C=O) groups is 2. The molecular weight excluding hydrogens is 282 g/mol. The van der Waals surface area contributed by atoms with Crippen LogP contribution in [0.5, 0.6) is 0 Å². The lowest BCUT2D eigenvalue weighted by atomic mass is 10.2. The fourth-order valence-corrected chi connectivity index (χ4v) is 2.13. The van der Waals surface area contributed by atoms with E-state index in [4.69, 9.17) is 4.74 Å². The second-order valence-electron chi connectivity index (χ2n) is 6.67. The van der Waals surface area contributed by atoms with E-state index in [0.29, 0.717) is 17.4 Å². The van der Waals surface area contributed by atoms with Crippen LogP contribution in [0.2, 0.25) is 0 Å². The standard InChI is InChI=1S/C17H31NO4/c1-5-6-7-8-9-10-11-12-17(21)22-15(13-16(19)20)14-18(2,3)4/h9-10,15H,5-8,11-14H2,1-4H3/b10-9+. The number of allylic oxidation sites excluding steroid dienone is 2. The van der Waals surface area contributed by atoms with Crippen molar-refractivity contribution in [2.75, 3.05) is 27.7 Å². The molecule has 0 amide bonds. The summed E-state index contributed by atoms with van der Waals surface area (Å²) in [4.78, 5) is 22.5. The van der Waals surface area contributed by atoms with Crippen LogP contribution < -0.4 is 5.11 Å². The molecule has 0 fully saturated rings. The summed E-state index contributed by atoms with van der Waals surface area (Å²) in [5, 5.41) is 10.7. The Morgan fingerprint density at radius 2 is 1.77 bits per heavy atom. The second-order valence-corrected chi connectivity index (χ2v) is 6.67. The lowest BCUT2D eigenvalue weighted by molar-refractivity contribution is -0.873. The molecule has 0 N–H and O–H groups in total. The van der Waals surface area contributed by atoms with E-state index in [1.165, 1.54) is 19.3 Å². The molecule has 5 nitrogen and oxygen atoms in total. The molecule has 0 heterocycles. The Labute approximate surface area is 134 Å². The Bertz CT molecular complexity index is 358. The van der Waals surface area contributed by atoms with Gasteiger partial charge in [0.15, 0.2) is 6.10 Å². The lowest BCUT2D eigenvalue weighted by Gasteiger charge is -2.29. The van der Waals surface area contributed by atoms with Gasteiger partial charge in [-0.05, 0) is 19.3 Å². The Hall–Kier alpha value is -1.36. The second kappa shape index (κ2) is 11.2. The predicted octanol–water partition coefficient (Wildman–Crippen LogP) is 1.66. The third-order valence-corrected chi connectivity index (χ3v) is 3.10. The number of carbonyl (C=O) groups excluding carboxylic acids is 2. The van der Waals surface area contributed by atoms with Crippen molar-refractivity contribution in [2.24, 2.45) is 0 Å². The van der Waals surface area contributed by atoms with E-state index in [1.54, 1.807) is 0 Å². The highest BCUT2D eigenvalue weighted by Gasteiger charge is 2.22. The van der Waals surface area contributed by atoms with Gasteiger partial charge in [0, 0.05) is 18.8 Å². The number of carboxylic acids is 1. The van der Waals surface area contributed by atoms with E-state index in [9.17, 15) is 14.7 Å². The van der Waals surface area contributed by atoms with Crippen LogP contribution in [0, 0.1) is 0 Å². The SMILES string of the molecule is CCCCC/C=C/CCC(=O)OC(CC(=O)[O-])C[N+](C)(C)C. The van der Waals surface area contributed by atoms with Gasteiger partial charge in [-0.15, -0.1) is 0 Å². The molecule has 128 valence electrons. The quantitative estimate of drug-likeness (QED) is 0.238. The summed E-state index contributed by atoms with van der Waals surface area (Å²) in [6.07, 6.45) is 8.75. The van der Waals surface area contributed by atoms with E-state index in [2.05, 4.69) is 13.0 Å². The molecule has 1 atom stereocenters. The largest absolute Gasteiger partial charge is 0.550 e. The predicted molar refractivity (Wildman–Crippen MR) is 84.9 cm³/mol. The van der Waals surface area contributed by atoms with Gasteiger partial charge in [0.05, 0.1) is 21.1 Å². The number of carboxylic acid groups (broad SMARTS) is 1. The van der Waals surface area contributed by atoms with Crippen LogP contribution in [-0.2, 0) is 14.3 Å². The number of nitrogens with zero attached hydrogens (tertiary/aromatic N) is 1. The summed E-state index contributed by atoms with van der Waals surface area (Å²) in [6, 6.07) is 0. The Morgan fingerprint density at radius 1 is 1.14 bits per heavy atom. The third-order valence-electron chi connectivity index (χ3n) is 3.10. The maximum Gasteiger partial charge on any atom is 0.306 e. The van der Waals surface area contributed by atoms with Gasteiger partial charge in [0.2, 0.25) is 0 Å². The van der Waals surface area contributed by atoms with E-state index in [-0.39, 0.29) is 18.8 Å². The van der Waals surface area contributed by atoms with Crippen molar-refractivity contribution in [3.8, 4) is 0 Å². The number of hydrogen-bond acceptors (Lipinski definition) is 4. The number of rotatable bonds is 12. The molecule has 5 heteroatoms. The van der Waals surface area contributed by atoms with Gasteiger partial charge < -0.3 is 19.1 Å². The van der Waals surface area contributed by atoms with Crippen LogP contribution in [0.4, 0.5) is 0 Å². The monoisotopic (exact) mass is 313 g/mol. The van der Waals surface area contributed by atoms with Crippen molar-refractivity contribution in [2.45, 2.75) is 58.0 Å². The highest BCUT2D eigenvalue weighted by molar-refractivity contribution is 5.71. The number of ether oxygens (including phenoxy) is 1. The Morgan fingerprint density at radius 3 is 2.32 bits per heavy atom. The maximum atomic E-state index is 11.8. The highest BCUT2D eigenvalue weighted by atomic mass is 16.5. The average Bonchev–Trinajstić information content (AvgIpc) is 2.34. The van der Waals surface area contributed by atoms with Crippen LogP contribution in [0.25, 0.3) is 0 Å². The minimum Gasteiger partial charge on any atom is -0.550 e. The van der Waals surface area contributed by atoms with Crippen LogP contribution in [0.1, 0.15) is 51.9 Å². The average molecular weight is 313 g/mol. The van der Waals surface area contributed by atoms with Crippen LogP contribution >= 0.6 is 0 Å². The summed E-state index contributed by atoms with van der Waals surface area (Å²) >= 11 is 0. The molecule has 1 unspecified atom stereocenters. The van der Waals surface area contributed by atoms with Gasteiger partial charge in [-0.2, -0.15) is 0 Å². The van der Waals surface area contributed by atoms with Gasteiger partial charge in [-0.25, -0.2) is 0 Å². The first-order chi connectivity index (χ1) is 10.2. The van der Waals surface area contributed by atoms with E-state index >= 15 is 0 Å². The number of hydrogen-bond donors (Lipinski definition) is 0. The molecule has 0 saturated carbocycles. The minimum atomic E-state index is -1.19. The molecule has 0 bridgehead atoms. The first-order valence-electron chi connectivity index (χ1n) is 8.09. The molecule has 22 heavy (non-hydrogen) atoms. The summed E-state index contributed by atoms with van der Waals surface area (Å²) in [6.45, 7) is 2.62. The summed E-state index contributed by atoms with van der Waals surface area (Å²) < 4.78 is 5.80. The normalized spacial score (nSPS) is 13.3. The molecule has 0 aromatic carbocycles. The molecule has 0 aromatic rings. The lowest BCUT2D eigenvalue weighted by Crippen LogP contribution is -2.45. The van der Waals surface area contributed by atoms with Gasteiger partial charge in [0.1, 0.15) is 6.54 Å². The van der Waals surface area contributed by atoms with Gasteiger partial charge in [-0.1, -0.05) is 31.9 Å². The molecule has 0 rings (SSSR count). The van der Waals surface area contributed by atoms with E-state index < -0.39 is 12.1 Å². The number of likely N-dealkylation sites (N-methyl/N-ethyl adjacent to an activating group) is 1.